The highest BCUT2D eigenvalue weighted by Crippen LogP contribution is 2.16. The number of halogens is 2. The fourth-order valence-electron chi connectivity index (χ4n) is 1.11. The van der Waals surface area contributed by atoms with E-state index in [-0.39, 0.29) is 25.3 Å². The smallest absolute Gasteiger partial charge is 0.311 e. The molecule has 1 aromatic carbocycles. The minimum atomic E-state index is -0.500. The summed E-state index contributed by atoms with van der Waals surface area (Å²) >= 11 is 11.0. The Balaban J connectivity index is 2.29. The molecular formula is C12H12Cl2O4. The van der Waals surface area contributed by atoms with E-state index in [9.17, 15) is 9.59 Å². The number of esters is 2. The molecule has 0 bridgehead atoms. The van der Waals surface area contributed by atoms with E-state index in [1.165, 1.54) is 0 Å². The molecule has 1 rings (SSSR count). The second-order valence-corrected chi connectivity index (χ2v) is 4.15. The maximum absolute atomic E-state index is 11.4. The molecule has 0 radical (unpaired) electrons. The average molecular weight is 291 g/mol. The van der Waals surface area contributed by atoms with Crippen LogP contribution in [-0.2, 0) is 14.3 Å². The van der Waals surface area contributed by atoms with Gasteiger partial charge in [0.25, 0.3) is 0 Å². The molecule has 0 amide bonds. The van der Waals surface area contributed by atoms with Crippen LogP contribution in [-0.4, -0.2) is 24.4 Å². The van der Waals surface area contributed by atoms with Crippen LogP contribution in [0.2, 0.25) is 5.02 Å². The number of carbonyl (C=O) groups is 2. The lowest BCUT2D eigenvalue weighted by Gasteiger charge is -2.04. The summed E-state index contributed by atoms with van der Waals surface area (Å²) < 4.78 is 9.70. The van der Waals surface area contributed by atoms with Crippen molar-refractivity contribution < 1.29 is 19.1 Å². The van der Waals surface area contributed by atoms with Crippen LogP contribution in [0.15, 0.2) is 24.3 Å². The molecule has 18 heavy (non-hydrogen) atoms. The first-order valence-electron chi connectivity index (χ1n) is 5.29. The Morgan fingerprint density at radius 3 is 2.28 bits per heavy atom. The Kier molecular flexibility index (Phi) is 6.54. The molecular weight excluding hydrogens is 279 g/mol. The van der Waals surface area contributed by atoms with Gasteiger partial charge in [-0.2, -0.15) is 0 Å². The lowest BCUT2D eigenvalue weighted by atomic mass is 10.3. The zero-order chi connectivity index (χ0) is 13.4. The number of ether oxygens (including phenoxy) is 2. The van der Waals surface area contributed by atoms with Crippen molar-refractivity contribution in [3.8, 4) is 5.75 Å². The van der Waals surface area contributed by atoms with E-state index >= 15 is 0 Å². The third-order valence-electron chi connectivity index (χ3n) is 1.92. The Morgan fingerprint density at radius 1 is 1.06 bits per heavy atom. The van der Waals surface area contributed by atoms with Crippen molar-refractivity contribution in [3.05, 3.63) is 29.3 Å². The van der Waals surface area contributed by atoms with Crippen LogP contribution >= 0.6 is 23.2 Å². The van der Waals surface area contributed by atoms with Crippen molar-refractivity contribution in [2.24, 2.45) is 0 Å². The molecule has 0 aliphatic carbocycles. The number of benzene rings is 1. The quantitative estimate of drug-likeness (QED) is 0.459. The van der Waals surface area contributed by atoms with Gasteiger partial charge < -0.3 is 9.47 Å². The van der Waals surface area contributed by atoms with Crippen LogP contribution in [0.5, 0.6) is 5.75 Å². The van der Waals surface area contributed by atoms with Crippen molar-refractivity contribution >= 4 is 35.1 Å². The first kappa shape index (κ1) is 14.8. The maximum atomic E-state index is 11.4. The normalized spacial score (nSPS) is 9.89. The number of rotatable bonds is 6. The summed E-state index contributed by atoms with van der Waals surface area (Å²) in [6, 6.07) is 6.37. The summed E-state index contributed by atoms with van der Waals surface area (Å²) in [5, 5.41) is 0.555. The van der Waals surface area contributed by atoms with E-state index < -0.39 is 11.9 Å². The van der Waals surface area contributed by atoms with Gasteiger partial charge in [-0.15, -0.1) is 11.6 Å². The van der Waals surface area contributed by atoms with Gasteiger partial charge in [0.1, 0.15) is 12.4 Å². The fraction of sp³-hybridized carbons (Fsp3) is 0.333. The molecule has 0 spiro atoms. The fourth-order valence-corrected chi connectivity index (χ4v) is 1.32. The van der Waals surface area contributed by atoms with E-state index in [0.29, 0.717) is 10.8 Å². The van der Waals surface area contributed by atoms with Crippen molar-refractivity contribution in [2.45, 2.75) is 12.8 Å². The summed E-state index contributed by atoms with van der Waals surface area (Å²) in [7, 11) is 0. The van der Waals surface area contributed by atoms with Crippen molar-refractivity contribution in [1.82, 2.24) is 0 Å². The number of hydrogen-bond acceptors (Lipinski definition) is 4. The monoisotopic (exact) mass is 290 g/mol. The zero-order valence-electron chi connectivity index (χ0n) is 9.53. The third-order valence-corrected chi connectivity index (χ3v) is 2.33. The topological polar surface area (TPSA) is 52.6 Å². The Bertz CT molecular complexity index is 403. The largest absolute Gasteiger partial charge is 0.464 e. The molecule has 1 aromatic rings. The van der Waals surface area contributed by atoms with Crippen LogP contribution in [0.3, 0.4) is 0 Å². The summed E-state index contributed by atoms with van der Waals surface area (Å²) in [5.74, 6) is -0.344. The van der Waals surface area contributed by atoms with E-state index in [4.69, 9.17) is 32.7 Å². The van der Waals surface area contributed by atoms with Crippen LogP contribution in [0.25, 0.3) is 0 Å². The van der Waals surface area contributed by atoms with Crippen molar-refractivity contribution in [2.75, 3.05) is 12.5 Å². The van der Waals surface area contributed by atoms with Crippen molar-refractivity contribution in [3.63, 3.8) is 0 Å². The summed E-state index contributed by atoms with van der Waals surface area (Å²) in [6.45, 7) is 0.145. The Hall–Kier alpha value is -1.26. The van der Waals surface area contributed by atoms with Crippen LogP contribution in [0.4, 0.5) is 0 Å². The van der Waals surface area contributed by atoms with Gasteiger partial charge in [0.05, 0.1) is 18.7 Å². The van der Waals surface area contributed by atoms with E-state index in [1.807, 2.05) is 0 Å². The van der Waals surface area contributed by atoms with Gasteiger partial charge in [0, 0.05) is 5.02 Å². The Labute approximate surface area is 115 Å². The maximum Gasteiger partial charge on any atom is 0.311 e. The minimum absolute atomic E-state index is 0.0245. The van der Waals surface area contributed by atoms with Gasteiger partial charge in [0.2, 0.25) is 0 Å². The molecule has 0 heterocycles. The van der Waals surface area contributed by atoms with Crippen molar-refractivity contribution in [1.29, 1.82) is 0 Å². The molecule has 0 aliphatic heterocycles. The second kappa shape index (κ2) is 7.95. The van der Waals surface area contributed by atoms with Crippen LogP contribution < -0.4 is 4.74 Å². The predicted octanol–water partition coefficient (Wildman–Crippen LogP) is 2.81. The highest BCUT2D eigenvalue weighted by atomic mass is 35.5. The van der Waals surface area contributed by atoms with Gasteiger partial charge in [-0.25, -0.2) is 0 Å². The lowest BCUT2D eigenvalue weighted by Crippen LogP contribution is -2.13. The Morgan fingerprint density at radius 2 is 1.67 bits per heavy atom. The van der Waals surface area contributed by atoms with Crippen LogP contribution in [0.1, 0.15) is 12.8 Å². The minimum Gasteiger partial charge on any atom is -0.464 e. The first-order chi connectivity index (χ1) is 8.61. The number of alkyl halides is 1. The lowest BCUT2D eigenvalue weighted by molar-refractivity contribution is -0.146. The molecule has 0 saturated carbocycles. The standard InChI is InChI=1S/C12H12Cl2O4/c13-7-8-17-11(15)5-6-12(16)18-10-3-1-9(14)2-4-10/h1-4H,5-8H2. The highest BCUT2D eigenvalue weighted by molar-refractivity contribution is 6.30. The summed E-state index contributed by atoms with van der Waals surface area (Å²) in [5.41, 5.74) is 0. The zero-order valence-corrected chi connectivity index (χ0v) is 11.0. The molecule has 0 unspecified atom stereocenters. The molecule has 0 atom stereocenters. The summed E-state index contributed by atoms with van der Waals surface area (Å²) in [6.07, 6.45) is -0.0624. The highest BCUT2D eigenvalue weighted by Gasteiger charge is 2.09. The molecule has 6 heteroatoms. The van der Waals surface area contributed by atoms with E-state index in [0.717, 1.165) is 0 Å². The van der Waals surface area contributed by atoms with Gasteiger partial charge in [-0.05, 0) is 24.3 Å². The molecule has 98 valence electrons. The third kappa shape index (κ3) is 5.89. The second-order valence-electron chi connectivity index (χ2n) is 3.34. The van der Waals surface area contributed by atoms with Crippen LogP contribution in [0, 0.1) is 0 Å². The number of hydrogen-bond donors (Lipinski definition) is 0. The molecule has 0 fully saturated rings. The molecule has 0 aliphatic rings. The predicted molar refractivity (Wildman–Crippen MR) is 68.0 cm³/mol. The first-order valence-corrected chi connectivity index (χ1v) is 6.21. The van der Waals surface area contributed by atoms with Gasteiger partial charge in [-0.1, -0.05) is 11.6 Å². The van der Waals surface area contributed by atoms with Gasteiger partial charge >= 0.3 is 11.9 Å². The van der Waals surface area contributed by atoms with Gasteiger partial charge in [-0.3, -0.25) is 9.59 Å². The molecule has 0 N–H and O–H groups in total. The SMILES string of the molecule is O=C(CCC(=O)Oc1ccc(Cl)cc1)OCCCl. The molecule has 4 nitrogen and oxygen atoms in total. The summed E-state index contributed by atoms with van der Waals surface area (Å²) in [4.78, 5) is 22.5. The van der Waals surface area contributed by atoms with E-state index in [1.54, 1.807) is 24.3 Å². The molecule has 0 saturated heterocycles. The molecule has 0 aromatic heterocycles. The van der Waals surface area contributed by atoms with Gasteiger partial charge in [0.15, 0.2) is 0 Å². The number of carbonyl (C=O) groups excluding carboxylic acids is 2. The average Bonchev–Trinajstić information content (AvgIpc) is 2.36. The van der Waals surface area contributed by atoms with E-state index in [2.05, 4.69) is 0 Å².